The van der Waals surface area contributed by atoms with E-state index in [1.807, 2.05) is 6.07 Å². The van der Waals surface area contributed by atoms with Gasteiger partial charge in [-0.3, -0.25) is 4.79 Å². The van der Waals surface area contributed by atoms with Gasteiger partial charge in [0.1, 0.15) is 0 Å². The topological polar surface area (TPSA) is 80.3 Å². The molecule has 3 atom stereocenters. The van der Waals surface area contributed by atoms with Gasteiger partial charge >= 0.3 is 0 Å². The monoisotopic (exact) mass is 576 g/mol. The number of hydrogen-bond acceptors (Lipinski definition) is 6. The Kier molecular flexibility index (Phi) is 16.1. The molecule has 0 spiro atoms. The number of carbonyl (C=O) groups is 1. The van der Waals surface area contributed by atoms with Crippen LogP contribution < -0.4 is 14.8 Å². The van der Waals surface area contributed by atoms with Gasteiger partial charge in [0.05, 0.1) is 19.8 Å². The van der Waals surface area contributed by atoms with Gasteiger partial charge in [-0.2, -0.15) is 0 Å². The van der Waals surface area contributed by atoms with Crippen molar-refractivity contribution in [1.29, 1.82) is 0 Å². The largest absolute Gasteiger partial charge is 0.493 e. The summed E-state index contributed by atoms with van der Waals surface area (Å²) in [5.74, 6) is 3.19. The first-order valence-corrected chi connectivity index (χ1v) is 16.0. The molecular formula is C34H60N2O5. The van der Waals surface area contributed by atoms with Gasteiger partial charge in [0.25, 0.3) is 0 Å². The first-order chi connectivity index (χ1) is 19.5. The van der Waals surface area contributed by atoms with Gasteiger partial charge in [-0.25, -0.2) is 0 Å². The van der Waals surface area contributed by atoms with E-state index in [9.17, 15) is 9.90 Å². The molecular weight excluding hydrogens is 516 g/mol. The van der Waals surface area contributed by atoms with Crippen LogP contribution in [0.2, 0.25) is 0 Å². The molecule has 7 nitrogen and oxygen atoms in total. The number of likely N-dealkylation sites (tertiary alicyclic amines) is 1. The fourth-order valence-electron chi connectivity index (χ4n) is 5.90. The summed E-state index contributed by atoms with van der Waals surface area (Å²) in [6, 6.07) is 6.42. The molecule has 236 valence electrons. The van der Waals surface area contributed by atoms with Crippen molar-refractivity contribution in [3.8, 4) is 11.5 Å². The summed E-state index contributed by atoms with van der Waals surface area (Å²) in [5.41, 5.74) is 1.21. The van der Waals surface area contributed by atoms with Crippen molar-refractivity contribution in [2.45, 2.75) is 98.6 Å². The maximum Gasteiger partial charge on any atom is 0.223 e. The van der Waals surface area contributed by atoms with Crippen LogP contribution in [0.25, 0.3) is 0 Å². The predicted octanol–water partition coefficient (Wildman–Crippen LogP) is 5.97. The van der Waals surface area contributed by atoms with Crippen LogP contribution >= 0.6 is 0 Å². The number of nitrogens with zero attached hydrogens (tertiary/aromatic N) is 1. The number of piperidine rings is 1. The molecule has 0 saturated carbocycles. The lowest BCUT2D eigenvalue weighted by Crippen LogP contribution is -2.48. The van der Waals surface area contributed by atoms with Crippen molar-refractivity contribution < 1.29 is 24.1 Å². The van der Waals surface area contributed by atoms with E-state index in [0.717, 1.165) is 63.2 Å². The van der Waals surface area contributed by atoms with Crippen molar-refractivity contribution in [2.75, 3.05) is 47.1 Å². The standard InChI is InChI=1S/C34H60N2O5/c1-24(2)23-36-16-14-29(15-17-36)35-34(38)31(26(5)6)22-30(37)12-11-28(25(3)4)20-27-10-13-32(40-8)33(21-27)41-19-9-18-39-7/h10,13,21,24-26,28-31,37H,9,11-12,14-20,22-23H2,1-8H3,(H,35,38)/t28-,30-,31+/m1/s1. The fourth-order valence-corrected chi connectivity index (χ4v) is 5.90. The summed E-state index contributed by atoms with van der Waals surface area (Å²) in [6.45, 7) is 17.7. The molecule has 1 aliphatic heterocycles. The van der Waals surface area contributed by atoms with E-state index in [2.05, 4.69) is 63.9 Å². The normalized spacial score (nSPS) is 17.2. The zero-order valence-electron chi connectivity index (χ0n) is 27.3. The number of rotatable bonds is 19. The maximum absolute atomic E-state index is 13.3. The Morgan fingerprint density at radius 3 is 2.29 bits per heavy atom. The highest BCUT2D eigenvalue weighted by molar-refractivity contribution is 5.79. The molecule has 1 amide bonds. The summed E-state index contributed by atoms with van der Waals surface area (Å²) >= 11 is 0. The summed E-state index contributed by atoms with van der Waals surface area (Å²) in [4.78, 5) is 15.8. The van der Waals surface area contributed by atoms with Crippen molar-refractivity contribution in [2.24, 2.45) is 29.6 Å². The van der Waals surface area contributed by atoms with Crippen molar-refractivity contribution in [3.63, 3.8) is 0 Å². The summed E-state index contributed by atoms with van der Waals surface area (Å²) in [5, 5.41) is 14.4. The molecule has 1 aromatic carbocycles. The molecule has 1 heterocycles. The summed E-state index contributed by atoms with van der Waals surface area (Å²) < 4.78 is 16.6. The van der Waals surface area contributed by atoms with Gasteiger partial charge in [0.2, 0.25) is 5.91 Å². The Hall–Kier alpha value is -1.83. The SMILES string of the molecule is COCCCOc1cc(C[C@@H](CC[C@@H](O)C[C@H](C(=O)NC2CCN(CC(C)C)CC2)C(C)C)C(C)C)ccc1OC. The molecule has 2 N–H and O–H groups in total. The Balaban J connectivity index is 1.90. The highest BCUT2D eigenvalue weighted by Crippen LogP contribution is 2.32. The lowest BCUT2D eigenvalue weighted by Gasteiger charge is -2.34. The van der Waals surface area contributed by atoms with Crippen molar-refractivity contribution in [1.82, 2.24) is 10.2 Å². The Morgan fingerprint density at radius 1 is 1.00 bits per heavy atom. The quantitative estimate of drug-likeness (QED) is 0.198. The van der Waals surface area contributed by atoms with Gasteiger partial charge in [0.15, 0.2) is 11.5 Å². The van der Waals surface area contributed by atoms with Gasteiger partial charge in [-0.15, -0.1) is 0 Å². The number of benzene rings is 1. The van der Waals surface area contributed by atoms with Crippen LogP contribution in [0, 0.1) is 29.6 Å². The molecule has 1 fully saturated rings. The second-order valence-electron chi connectivity index (χ2n) is 13.2. The van der Waals surface area contributed by atoms with Crippen molar-refractivity contribution in [3.05, 3.63) is 23.8 Å². The van der Waals surface area contributed by atoms with Crippen LogP contribution in [0.4, 0.5) is 0 Å². The minimum Gasteiger partial charge on any atom is -0.493 e. The molecule has 0 aromatic heterocycles. The average Bonchev–Trinajstić information content (AvgIpc) is 2.92. The second-order valence-corrected chi connectivity index (χ2v) is 13.2. The lowest BCUT2D eigenvalue weighted by molar-refractivity contribution is -0.128. The van der Waals surface area contributed by atoms with Crippen LogP contribution in [-0.4, -0.2) is 75.1 Å². The van der Waals surface area contributed by atoms with Crippen LogP contribution in [0.15, 0.2) is 18.2 Å². The van der Waals surface area contributed by atoms with E-state index in [4.69, 9.17) is 14.2 Å². The molecule has 7 heteroatoms. The molecule has 0 radical (unpaired) electrons. The first kappa shape index (κ1) is 35.4. The molecule has 1 aromatic rings. The first-order valence-electron chi connectivity index (χ1n) is 16.0. The minimum atomic E-state index is -0.488. The highest BCUT2D eigenvalue weighted by atomic mass is 16.5. The summed E-state index contributed by atoms with van der Waals surface area (Å²) in [6.07, 6.45) is 5.38. The molecule has 2 rings (SSSR count). The van der Waals surface area contributed by atoms with E-state index in [1.165, 1.54) is 5.56 Å². The van der Waals surface area contributed by atoms with E-state index in [0.29, 0.717) is 43.8 Å². The fraction of sp³-hybridized carbons (Fsp3) is 0.794. The van der Waals surface area contributed by atoms with E-state index < -0.39 is 6.10 Å². The number of nitrogens with one attached hydrogen (secondary N) is 1. The van der Waals surface area contributed by atoms with Crippen LogP contribution in [-0.2, 0) is 16.0 Å². The number of amides is 1. The molecule has 0 bridgehead atoms. The van der Waals surface area contributed by atoms with E-state index >= 15 is 0 Å². The number of aliphatic hydroxyl groups is 1. The smallest absolute Gasteiger partial charge is 0.223 e. The van der Waals surface area contributed by atoms with Gasteiger partial charge in [-0.1, -0.05) is 47.6 Å². The molecule has 1 aliphatic rings. The number of hydrogen-bond donors (Lipinski definition) is 2. The van der Waals surface area contributed by atoms with Gasteiger partial charge < -0.3 is 29.5 Å². The summed E-state index contributed by atoms with van der Waals surface area (Å²) in [7, 11) is 3.36. The predicted molar refractivity (Wildman–Crippen MR) is 168 cm³/mol. The van der Waals surface area contributed by atoms with Crippen LogP contribution in [0.5, 0.6) is 11.5 Å². The van der Waals surface area contributed by atoms with E-state index in [1.54, 1.807) is 14.2 Å². The van der Waals surface area contributed by atoms with Crippen LogP contribution in [0.1, 0.15) is 85.6 Å². The van der Waals surface area contributed by atoms with Gasteiger partial charge in [-0.05, 0) is 79.9 Å². The maximum atomic E-state index is 13.3. The molecule has 0 unspecified atom stereocenters. The zero-order valence-corrected chi connectivity index (χ0v) is 27.3. The molecule has 41 heavy (non-hydrogen) atoms. The van der Waals surface area contributed by atoms with Gasteiger partial charge in [0, 0.05) is 51.7 Å². The van der Waals surface area contributed by atoms with Crippen LogP contribution in [0.3, 0.4) is 0 Å². The van der Waals surface area contributed by atoms with Crippen molar-refractivity contribution >= 4 is 5.91 Å². The van der Waals surface area contributed by atoms with E-state index in [-0.39, 0.29) is 23.8 Å². The number of aliphatic hydroxyl groups excluding tert-OH is 1. The second kappa shape index (κ2) is 18.7. The Morgan fingerprint density at radius 2 is 1.71 bits per heavy atom. The third kappa shape index (κ3) is 12.9. The zero-order chi connectivity index (χ0) is 30.4. The Labute approximate surface area is 250 Å². The average molecular weight is 577 g/mol. The third-order valence-electron chi connectivity index (χ3n) is 8.51. The Bertz CT molecular complexity index is 867. The highest BCUT2D eigenvalue weighted by Gasteiger charge is 2.29. The minimum absolute atomic E-state index is 0.109. The lowest BCUT2D eigenvalue weighted by atomic mass is 9.82. The number of carbonyl (C=O) groups excluding carboxylic acids is 1. The molecule has 0 aliphatic carbocycles. The number of methoxy groups -OCH3 is 2. The molecule has 1 saturated heterocycles. The third-order valence-corrected chi connectivity index (χ3v) is 8.51. The number of ether oxygens (including phenoxy) is 3.